The average Bonchev–Trinajstić information content (AvgIpc) is 4.18. The summed E-state index contributed by atoms with van der Waals surface area (Å²) in [6, 6.07) is 38.1. The topological polar surface area (TPSA) is 292 Å². The molecule has 0 unspecified atom stereocenters. The highest BCUT2D eigenvalue weighted by molar-refractivity contribution is 6.31. The molecule has 418 valence electrons. The van der Waals surface area contributed by atoms with E-state index in [-0.39, 0.29) is 52.2 Å². The number of hydrogen-bond donors (Lipinski definition) is 4. The maximum absolute atomic E-state index is 13.6. The summed E-state index contributed by atoms with van der Waals surface area (Å²) in [6.45, 7) is 5.89. The van der Waals surface area contributed by atoms with Gasteiger partial charge >= 0.3 is 11.4 Å². The molecule has 0 bridgehead atoms. The molecule has 6 N–H and O–H groups in total. The van der Waals surface area contributed by atoms with Crippen molar-refractivity contribution in [3.63, 3.8) is 0 Å². The summed E-state index contributed by atoms with van der Waals surface area (Å²) in [6.07, 6.45) is 12.1. The molecule has 0 saturated heterocycles. The fraction of sp³-hybridized carbons (Fsp3) is 0.105. The summed E-state index contributed by atoms with van der Waals surface area (Å²) in [7, 11) is 0. The van der Waals surface area contributed by atoms with Gasteiger partial charge < -0.3 is 22.1 Å². The fourth-order valence-electron chi connectivity index (χ4n) is 8.15. The summed E-state index contributed by atoms with van der Waals surface area (Å²) >= 11 is 5.73. The van der Waals surface area contributed by atoms with Crippen molar-refractivity contribution < 1.29 is 23.0 Å². The Morgan fingerprint density at radius 3 is 1.23 bits per heavy atom. The molecule has 3 atom stereocenters. The Balaban J connectivity index is 0.000000140. The van der Waals surface area contributed by atoms with E-state index in [2.05, 4.69) is 55.5 Å². The third kappa shape index (κ3) is 13.6. The quantitative estimate of drug-likeness (QED) is 0.0502. The first kappa shape index (κ1) is 56.9. The summed E-state index contributed by atoms with van der Waals surface area (Å²) in [4.78, 5) is 58.3. The van der Waals surface area contributed by atoms with Gasteiger partial charge in [-0.05, 0) is 73.9 Å². The van der Waals surface area contributed by atoms with Gasteiger partial charge in [0.2, 0.25) is 11.0 Å². The van der Waals surface area contributed by atoms with Crippen molar-refractivity contribution in [2.45, 2.75) is 38.9 Å². The van der Waals surface area contributed by atoms with Gasteiger partial charge in [-0.3, -0.25) is 33.4 Å². The van der Waals surface area contributed by atoms with E-state index in [1.165, 1.54) is 75.7 Å². The summed E-state index contributed by atoms with van der Waals surface area (Å²) in [5, 5.41) is 28.2. The number of halogens is 4. The predicted molar refractivity (Wildman–Crippen MR) is 307 cm³/mol. The number of nitrogens with two attached hydrogens (primary N) is 2. The van der Waals surface area contributed by atoms with E-state index in [0.29, 0.717) is 51.4 Å². The number of benzene rings is 3. The lowest BCUT2D eigenvalue weighted by Crippen LogP contribution is -2.11. The van der Waals surface area contributed by atoms with Crippen LogP contribution in [0.3, 0.4) is 0 Å². The van der Waals surface area contributed by atoms with Crippen molar-refractivity contribution in [3.8, 4) is 34.6 Å². The van der Waals surface area contributed by atoms with Gasteiger partial charge in [-0.15, -0.1) is 0 Å². The van der Waals surface area contributed by atoms with Crippen LogP contribution in [0.2, 0.25) is 5.15 Å². The Hall–Kier alpha value is -10.8. The minimum absolute atomic E-state index is 0.0147. The second kappa shape index (κ2) is 25.6. The van der Waals surface area contributed by atoms with Crippen LogP contribution in [-0.2, 0) is 0 Å². The zero-order valence-electron chi connectivity index (χ0n) is 44.1. The van der Waals surface area contributed by atoms with Crippen LogP contribution in [0.5, 0.6) is 0 Å². The van der Waals surface area contributed by atoms with Crippen molar-refractivity contribution in [1.82, 2.24) is 58.1 Å². The molecule has 12 rings (SSSR count). The van der Waals surface area contributed by atoms with Crippen LogP contribution in [0.4, 0.5) is 41.9 Å². The third-order valence-corrected chi connectivity index (χ3v) is 12.7. The van der Waals surface area contributed by atoms with Crippen LogP contribution in [-0.4, -0.2) is 67.9 Å². The van der Waals surface area contributed by atoms with Crippen molar-refractivity contribution in [3.05, 3.63) is 243 Å². The Morgan fingerprint density at radius 1 is 0.482 bits per heavy atom. The molecular formula is C57H48ClF3N18O4. The molecule has 3 aromatic carbocycles. The molecule has 0 saturated carbocycles. The number of anilines is 3. The molecule has 26 heteroatoms. The molecule has 0 aliphatic heterocycles. The largest absolute Gasteiger partial charge is 0.394 e. The van der Waals surface area contributed by atoms with Crippen LogP contribution in [0.15, 0.2) is 183 Å². The number of aromatic nitrogens is 12. The van der Waals surface area contributed by atoms with Gasteiger partial charge in [-0.1, -0.05) is 103 Å². The number of imidazole rings is 3. The Bertz CT molecular complexity index is 4230. The number of rotatable bonds is 12. The molecule has 0 radical (unpaired) electrons. The van der Waals surface area contributed by atoms with Crippen LogP contribution in [0.25, 0.3) is 51.5 Å². The van der Waals surface area contributed by atoms with E-state index in [4.69, 9.17) is 23.1 Å². The first-order chi connectivity index (χ1) is 40.0. The third-order valence-electron chi connectivity index (χ3n) is 12.4. The Morgan fingerprint density at radius 2 is 0.843 bits per heavy atom. The van der Waals surface area contributed by atoms with E-state index in [1.807, 2.05) is 112 Å². The standard InChI is InChI=1S/C19H15FN6O2.C19H17FN6.C11H5ClFN5O2.C8H11N/c1-12(13-5-3-2-4-6-13)23-19-16(26(27)28)10-22-18(24-19)15-9-21-17-8-7-14(20)11-25(15)17;1-12(13-5-3-2-4-6-13)24-18-15(21)9-23-19(25-18)16-10-22-17-8-7-14(20)11-26(16)17;12-10-7(18(19)20)3-15-11(16-10)8-4-14-9-2-1-6(13)5-17(8)9;1-7(9)8-5-3-2-4-6-8/h2-12H,1H3,(H,22,23,24);2-12H,21H2,1H3,(H,23,24,25);1-5H;2-7H,9H2,1H3/t2*12-;;7-/m11.1/s1. The maximum atomic E-state index is 13.6. The monoisotopic (exact) mass is 1140 g/mol. The number of nitrogens with zero attached hydrogens (tertiary/aromatic N) is 14. The number of nitro groups is 2. The van der Waals surface area contributed by atoms with E-state index in [0.717, 1.165) is 23.5 Å². The van der Waals surface area contributed by atoms with Crippen molar-refractivity contribution in [2.75, 3.05) is 16.4 Å². The average molecular weight is 1140 g/mol. The van der Waals surface area contributed by atoms with Crippen molar-refractivity contribution >= 4 is 57.2 Å². The molecule has 0 spiro atoms. The molecule has 0 aliphatic rings. The van der Waals surface area contributed by atoms with E-state index >= 15 is 0 Å². The molecule has 0 aliphatic carbocycles. The summed E-state index contributed by atoms with van der Waals surface area (Å²) < 4.78 is 45.0. The highest BCUT2D eigenvalue weighted by atomic mass is 35.5. The first-order valence-electron chi connectivity index (χ1n) is 25.1. The summed E-state index contributed by atoms with van der Waals surface area (Å²) in [5.41, 5.74) is 17.8. The van der Waals surface area contributed by atoms with Gasteiger partial charge in [-0.25, -0.2) is 58.0 Å². The van der Waals surface area contributed by atoms with Gasteiger partial charge in [0.05, 0.1) is 52.4 Å². The molecule has 22 nitrogen and oxygen atoms in total. The Kier molecular flexibility index (Phi) is 17.5. The van der Waals surface area contributed by atoms with Crippen molar-refractivity contribution in [1.29, 1.82) is 0 Å². The van der Waals surface area contributed by atoms with Gasteiger partial charge in [-0.2, -0.15) is 0 Å². The SMILES string of the molecule is C[C@@H](N)c1ccccc1.C[C@@H](Nc1nc(-c2cnc3ccc(F)cn23)ncc1N)c1ccccc1.C[C@@H](Nc1nc(-c2cnc3ccc(F)cn23)ncc1[N+](=O)[O-])c1ccccc1.O=[N+]([O-])c1cnc(-c2cnc3ccc(F)cn23)nc1Cl. The zero-order chi connectivity index (χ0) is 58.7. The molecule has 12 aromatic rings. The smallest absolute Gasteiger partial charge is 0.329 e. The van der Waals surface area contributed by atoms with Gasteiger partial charge in [0.1, 0.15) is 63.9 Å². The molecule has 83 heavy (non-hydrogen) atoms. The van der Waals surface area contributed by atoms with Gasteiger partial charge in [0, 0.05) is 24.6 Å². The van der Waals surface area contributed by atoms with E-state index < -0.39 is 27.2 Å². The Labute approximate surface area is 474 Å². The second-order valence-electron chi connectivity index (χ2n) is 18.2. The lowest BCUT2D eigenvalue weighted by atomic mass is 10.1. The molecule has 0 fully saturated rings. The molecular weight excluding hydrogens is 1090 g/mol. The van der Waals surface area contributed by atoms with Crippen LogP contribution in [0.1, 0.15) is 55.6 Å². The maximum Gasteiger partial charge on any atom is 0.329 e. The second-order valence-corrected chi connectivity index (χ2v) is 18.6. The molecule has 0 amide bonds. The van der Waals surface area contributed by atoms with Crippen molar-refractivity contribution in [2.24, 2.45) is 5.73 Å². The minimum atomic E-state index is -0.680. The van der Waals surface area contributed by atoms with Gasteiger partial charge in [0.15, 0.2) is 23.3 Å². The lowest BCUT2D eigenvalue weighted by molar-refractivity contribution is -0.385. The van der Waals surface area contributed by atoms with Crippen LogP contribution < -0.4 is 22.1 Å². The zero-order valence-corrected chi connectivity index (χ0v) is 44.9. The molecule has 9 aromatic heterocycles. The lowest BCUT2D eigenvalue weighted by Gasteiger charge is -2.16. The fourth-order valence-corrected chi connectivity index (χ4v) is 8.34. The van der Waals surface area contributed by atoms with Crippen LogP contribution >= 0.6 is 11.6 Å². The minimum Gasteiger partial charge on any atom is -0.394 e. The molecule has 9 heterocycles. The number of pyridine rings is 3. The first-order valence-corrected chi connectivity index (χ1v) is 25.5. The normalized spacial score (nSPS) is 12.0. The van der Waals surface area contributed by atoms with E-state index in [9.17, 15) is 33.4 Å². The number of nitrogen functional groups attached to an aromatic ring is 1. The van der Waals surface area contributed by atoms with E-state index in [1.54, 1.807) is 22.9 Å². The predicted octanol–water partition coefficient (Wildman–Crippen LogP) is 11.9. The number of fused-ring (bicyclic) bond motifs is 3. The van der Waals surface area contributed by atoms with Gasteiger partial charge in [0.25, 0.3) is 0 Å². The number of hydrogen-bond acceptors (Lipinski definition) is 17. The summed E-state index contributed by atoms with van der Waals surface area (Å²) in [5.74, 6) is 0.0957. The highest BCUT2D eigenvalue weighted by Crippen LogP contribution is 2.30. The number of nitrogens with one attached hydrogen (secondary N) is 2. The van der Waals surface area contributed by atoms with Crippen LogP contribution in [0, 0.1) is 37.7 Å². The highest BCUT2D eigenvalue weighted by Gasteiger charge is 2.23.